The highest BCUT2D eigenvalue weighted by Crippen LogP contribution is 2.06. The Morgan fingerprint density at radius 3 is 2.47 bits per heavy atom. The van der Waals surface area contributed by atoms with Crippen molar-refractivity contribution in [2.24, 2.45) is 0 Å². The second-order valence-corrected chi connectivity index (χ2v) is 3.44. The third-order valence-corrected chi connectivity index (χ3v) is 2.35. The average molecular weight is 234 g/mol. The monoisotopic (exact) mass is 234 g/mol. The van der Waals surface area contributed by atoms with Crippen molar-refractivity contribution < 1.29 is 4.79 Å². The smallest absolute Gasteiger partial charge is 0.254 e. The first kappa shape index (κ1) is 13.2. The number of hydrogen-bond donors (Lipinski definition) is 1. The standard InChI is InChI=1S/C12H18N4O/c1-4-7-13-11(17)10-8-14-12(15-9-10)16(5-2)6-3/h4,8-9H,1,5-7H2,2-3H3,(H,13,17). The topological polar surface area (TPSA) is 58.1 Å². The van der Waals surface area contributed by atoms with E-state index in [1.54, 1.807) is 18.5 Å². The van der Waals surface area contributed by atoms with Crippen molar-refractivity contribution in [3.63, 3.8) is 0 Å². The van der Waals surface area contributed by atoms with Gasteiger partial charge < -0.3 is 10.2 Å². The van der Waals surface area contributed by atoms with Crippen LogP contribution in [0.5, 0.6) is 0 Å². The Bertz CT molecular complexity index is 371. The molecule has 1 aromatic rings. The molecule has 0 fully saturated rings. The third-order valence-electron chi connectivity index (χ3n) is 2.35. The Kier molecular flexibility index (Phi) is 5.13. The van der Waals surface area contributed by atoms with E-state index in [-0.39, 0.29) is 5.91 Å². The second kappa shape index (κ2) is 6.62. The molecule has 0 atom stereocenters. The number of nitrogens with one attached hydrogen (secondary N) is 1. The van der Waals surface area contributed by atoms with Crippen molar-refractivity contribution in [2.45, 2.75) is 13.8 Å². The molecule has 5 nitrogen and oxygen atoms in total. The van der Waals surface area contributed by atoms with E-state index in [1.807, 2.05) is 18.7 Å². The van der Waals surface area contributed by atoms with Gasteiger partial charge in [-0.2, -0.15) is 0 Å². The van der Waals surface area contributed by atoms with Gasteiger partial charge in [0.05, 0.1) is 5.56 Å². The highest BCUT2D eigenvalue weighted by molar-refractivity contribution is 5.93. The summed E-state index contributed by atoms with van der Waals surface area (Å²) in [5, 5.41) is 2.67. The molecule has 0 bridgehead atoms. The quantitative estimate of drug-likeness (QED) is 0.752. The van der Waals surface area contributed by atoms with Gasteiger partial charge in [0.2, 0.25) is 5.95 Å². The predicted octanol–water partition coefficient (Wildman–Crippen LogP) is 1.24. The van der Waals surface area contributed by atoms with Crippen molar-refractivity contribution >= 4 is 11.9 Å². The number of carbonyl (C=O) groups is 1. The predicted molar refractivity (Wildman–Crippen MR) is 68.1 cm³/mol. The molecule has 0 radical (unpaired) electrons. The van der Waals surface area contributed by atoms with Gasteiger partial charge in [-0.05, 0) is 13.8 Å². The summed E-state index contributed by atoms with van der Waals surface area (Å²) in [7, 11) is 0. The van der Waals surface area contributed by atoms with E-state index in [9.17, 15) is 4.79 Å². The van der Waals surface area contributed by atoms with Gasteiger partial charge in [-0.15, -0.1) is 6.58 Å². The van der Waals surface area contributed by atoms with Crippen molar-refractivity contribution in [3.8, 4) is 0 Å². The van der Waals surface area contributed by atoms with E-state index >= 15 is 0 Å². The zero-order chi connectivity index (χ0) is 12.7. The molecule has 17 heavy (non-hydrogen) atoms. The number of anilines is 1. The summed E-state index contributed by atoms with van der Waals surface area (Å²) in [6, 6.07) is 0. The van der Waals surface area contributed by atoms with Gasteiger partial charge in [-0.3, -0.25) is 4.79 Å². The number of carbonyl (C=O) groups excluding carboxylic acids is 1. The SMILES string of the molecule is C=CCNC(=O)c1cnc(N(CC)CC)nc1. The maximum absolute atomic E-state index is 11.6. The van der Waals surface area contributed by atoms with E-state index in [0.717, 1.165) is 13.1 Å². The van der Waals surface area contributed by atoms with Gasteiger partial charge in [0.1, 0.15) is 0 Å². The fraction of sp³-hybridized carbons (Fsp3) is 0.417. The minimum absolute atomic E-state index is 0.184. The average Bonchev–Trinajstić information content (AvgIpc) is 2.38. The highest BCUT2D eigenvalue weighted by atomic mass is 16.1. The minimum Gasteiger partial charge on any atom is -0.348 e. The van der Waals surface area contributed by atoms with Gasteiger partial charge in [0, 0.05) is 32.0 Å². The summed E-state index contributed by atoms with van der Waals surface area (Å²) in [6.45, 7) is 9.74. The molecule has 0 aliphatic rings. The van der Waals surface area contributed by atoms with E-state index in [4.69, 9.17) is 0 Å². The molecular formula is C12H18N4O. The number of nitrogens with zero attached hydrogens (tertiary/aromatic N) is 3. The summed E-state index contributed by atoms with van der Waals surface area (Å²) < 4.78 is 0. The number of hydrogen-bond acceptors (Lipinski definition) is 4. The number of rotatable bonds is 6. The van der Waals surface area contributed by atoms with Crippen LogP contribution >= 0.6 is 0 Å². The summed E-state index contributed by atoms with van der Waals surface area (Å²) in [4.78, 5) is 21.9. The van der Waals surface area contributed by atoms with Crippen LogP contribution in [0, 0.1) is 0 Å². The fourth-order valence-corrected chi connectivity index (χ4v) is 1.38. The van der Waals surface area contributed by atoms with Crippen molar-refractivity contribution in [1.29, 1.82) is 0 Å². The lowest BCUT2D eigenvalue weighted by Gasteiger charge is -2.17. The van der Waals surface area contributed by atoms with Crippen LogP contribution in [-0.2, 0) is 0 Å². The molecule has 0 spiro atoms. The van der Waals surface area contributed by atoms with E-state index < -0.39 is 0 Å². The van der Waals surface area contributed by atoms with E-state index in [2.05, 4.69) is 21.9 Å². The number of amides is 1. The van der Waals surface area contributed by atoms with E-state index in [0.29, 0.717) is 18.1 Å². The summed E-state index contributed by atoms with van der Waals surface area (Å²) in [5.74, 6) is 0.464. The van der Waals surface area contributed by atoms with Crippen LogP contribution < -0.4 is 10.2 Å². The Labute approximate surface area is 102 Å². The van der Waals surface area contributed by atoms with Crippen LogP contribution in [0.1, 0.15) is 24.2 Å². The van der Waals surface area contributed by atoms with Crippen molar-refractivity contribution in [3.05, 3.63) is 30.6 Å². The van der Waals surface area contributed by atoms with Crippen LogP contribution in [-0.4, -0.2) is 35.5 Å². The molecule has 1 rings (SSSR count). The summed E-state index contributed by atoms with van der Waals surface area (Å²) in [5.41, 5.74) is 0.461. The molecule has 0 saturated carbocycles. The molecule has 1 heterocycles. The van der Waals surface area contributed by atoms with Gasteiger partial charge >= 0.3 is 0 Å². The largest absolute Gasteiger partial charge is 0.348 e. The van der Waals surface area contributed by atoms with Crippen molar-refractivity contribution in [1.82, 2.24) is 15.3 Å². The molecule has 1 amide bonds. The second-order valence-electron chi connectivity index (χ2n) is 3.44. The lowest BCUT2D eigenvalue weighted by atomic mass is 10.3. The number of aromatic nitrogens is 2. The van der Waals surface area contributed by atoms with Crippen LogP contribution in [0.2, 0.25) is 0 Å². The zero-order valence-electron chi connectivity index (χ0n) is 10.3. The molecule has 0 saturated heterocycles. The molecule has 0 aliphatic heterocycles. The molecular weight excluding hydrogens is 216 g/mol. The van der Waals surface area contributed by atoms with E-state index in [1.165, 1.54) is 0 Å². The maximum atomic E-state index is 11.6. The Hall–Kier alpha value is -1.91. The lowest BCUT2D eigenvalue weighted by Crippen LogP contribution is -2.26. The summed E-state index contributed by atoms with van der Waals surface area (Å²) >= 11 is 0. The Balaban J connectivity index is 2.73. The van der Waals surface area contributed by atoms with Crippen molar-refractivity contribution in [2.75, 3.05) is 24.5 Å². The first-order valence-electron chi connectivity index (χ1n) is 5.69. The van der Waals surface area contributed by atoms with Gasteiger partial charge in [-0.25, -0.2) is 9.97 Å². The normalized spacial score (nSPS) is 9.76. The Morgan fingerprint density at radius 2 is 2.00 bits per heavy atom. The molecule has 1 N–H and O–H groups in total. The van der Waals surface area contributed by atoms with Gasteiger partial charge in [-0.1, -0.05) is 6.08 Å². The molecule has 0 unspecified atom stereocenters. The minimum atomic E-state index is -0.184. The van der Waals surface area contributed by atoms with Crippen LogP contribution in [0.15, 0.2) is 25.0 Å². The van der Waals surface area contributed by atoms with Crippen LogP contribution in [0.4, 0.5) is 5.95 Å². The van der Waals surface area contributed by atoms with Gasteiger partial charge in [0.25, 0.3) is 5.91 Å². The summed E-state index contributed by atoms with van der Waals surface area (Å²) in [6.07, 6.45) is 4.71. The van der Waals surface area contributed by atoms with Gasteiger partial charge in [0.15, 0.2) is 0 Å². The van der Waals surface area contributed by atoms with Crippen LogP contribution in [0.25, 0.3) is 0 Å². The first-order valence-corrected chi connectivity index (χ1v) is 5.69. The first-order chi connectivity index (χ1) is 8.22. The Morgan fingerprint density at radius 1 is 1.41 bits per heavy atom. The lowest BCUT2D eigenvalue weighted by molar-refractivity contribution is 0.0957. The molecule has 92 valence electrons. The molecule has 0 aromatic carbocycles. The molecule has 1 aromatic heterocycles. The fourth-order valence-electron chi connectivity index (χ4n) is 1.38. The maximum Gasteiger partial charge on any atom is 0.254 e. The molecule has 5 heteroatoms. The highest BCUT2D eigenvalue weighted by Gasteiger charge is 2.08. The zero-order valence-corrected chi connectivity index (χ0v) is 10.3. The third kappa shape index (κ3) is 3.55. The van der Waals surface area contributed by atoms with Crippen LogP contribution in [0.3, 0.4) is 0 Å². The molecule has 0 aliphatic carbocycles.